The maximum Gasteiger partial charge on any atom is 0.246 e. The molecule has 1 aromatic rings. The van der Waals surface area contributed by atoms with E-state index in [0.717, 1.165) is 12.1 Å². The summed E-state index contributed by atoms with van der Waals surface area (Å²) in [7, 11) is -3.90. The molecular formula is C12H15ClFN3O3S. The first-order valence-electron chi connectivity index (χ1n) is 6.26. The van der Waals surface area contributed by atoms with Gasteiger partial charge in [-0.2, -0.15) is 4.31 Å². The molecule has 0 radical (unpaired) electrons. The number of rotatable bonds is 4. The zero-order valence-electron chi connectivity index (χ0n) is 11.1. The molecule has 0 aromatic heterocycles. The van der Waals surface area contributed by atoms with Gasteiger partial charge >= 0.3 is 0 Å². The van der Waals surface area contributed by atoms with Crippen molar-refractivity contribution in [2.75, 3.05) is 32.7 Å². The predicted molar refractivity (Wildman–Crippen MR) is 75.8 cm³/mol. The molecule has 1 fully saturated rings. The molecule has 21 heavy (non-hydrogen) atoms. The summed E-state index contributed by atoms with van der Waals surface area (Å²) < 4.78 is 39.7. The molecule has 1 saturated heterocycles. The Morgan fingerprint density at radius 3 is 2.43 bits per heavy atom. The molecule has 1 amide bonds. The highest BCUT2D eigenvalue weighted by Crippen LogP contribution is 2.23. The van der Waals surface area contributed by atoms with Gasteiger partial charge in [0.2, 0.25) is 15.9 Å². The van der Waals surface area contributed by atoms with Crippen LogP contribution in [0.2, 0.25) is 5.02 Å². The number of hydrogen-bond acceptors (Lipinski definition) is 4. The van der Waals surface area contributed by atoms with Gasteiger partial charge in [-0.25, -0.2) is 12.8 Å². The molecule has 0 aliphatic carbocycles. The molecule has 1 aliphatic heterocycles. The van der Waals surface area contributed by atoms with E-state index in [-0.39, 0.29) is 24.7 Å². The van der Waals surface area contributed by atoms with E-state index in [1.807, 2.05) is 0 Å². The number of carbonyl (C=O) groups is 1. The Morgan fingerprint density at radius 2 is 1.90 bits per heavy atom. The standard InChI is InChI=1S/C12H15ClFN3O3S/c13-9-1-2-11(10(14)7-9)21(19,20)17-5-3-16(4-6-17)8-12(15)18/h1-2,7H,3-6,8H2,(H2,15,18). The smallest absolute Gasteiger partial charge is 0.246 e. The van der Waals surface area contributed by atoms with Crippen LogP contribution >= 0.6 is 11.6 Å². The van der Waals surface area contributed by atoms with Gasteiger partial charge in [0.05, 0.1) is 6.54 Å². The van der Waals surface area contributed by atoms with Crippen LogP contribution in [-0.4, -0.2) is 56.3 Å². The van der Waals surface area contributed by atoms with Gasteiger partial charge in [-0.15, -0.1) is 0 Å². The first-order valence-corrected chi connectivity index (χ1v) is 8.08. The second-order valence-corrected chi connectivity index (χ2v) is 7.06. The van der Waals surface area contributed by atoms with Gasteiger partial charge in [0.1, 0.15) is 10.7 Å². The molecule has 0 spiro atoms. The van der Waals surface area contributed by atoms with E-state index in [4.69, 9.17) is 17.3 Å². The van der Waals surface area contributed by atoms with Crippen LogP contribution in [0.4, 0.5) is 4.39 Å². The van der Waals surface area contributed by atoms with Crippen LogP contribution < -0.4 is 5.73 Å². The number of nitrogens with zero attached hydrogens (tertiary/aromatic N) is 2. The molecule has 9 heteroatoms. The molecule has 1 heterocycles. The van der Waals surface area contributed by atoms with E-state index in [2.05, 4.69) is 0 Å². The van der Waals surface area contributed by atoms with Crippen molar-refractivity contribution in [2.24, 2.45) is 5.73 Å². The van der Waals surface area contributed by atoms with Gasteiger partial charge in [-0.1, -0.05) is 11.6 Å². The minimum absolute atomic E-state index is 0.0865. The Morgan fingerprint density at radius 1 is 1.29 bits per heavy atom. The molecule has 0 bridgehead atoms. The van der Waals surface area contributed by atoms with E-state index in [9.17, 15) is 17.6 Å². The van der Waals surface area contributed by atoms with Crippen molar-refractivity contribution in [1.82, 2.24) is 9.21 Å². The van der Waals surface area contributed by atoms with Crippen molar-refractivity contribution < 1.29 is 17.6 Å². The largest absolute Gasteiger partial charge is 0.369 e. The van der Waals surface area contributed by atoms with Crippen LogP contribution in [0.15, 0.2) is 23.1 Å². The fraction of sp³-hybridized carbons (Fsp3) is 0.417. The molecule has 0 atom stereocenters. The van der Waals surface area contributed by atoms with Gasteiger partial charge in [0, 0.05) is 31.2 Å². The number of carbonyl (C=O) groups excluding carboxylic acids is 1. The summed E-state index contributed by atoms with van der Waals surface area (Å²) in [5, 5.41) is 0.137. The highest BCUT2D eigenvalue weighted by atomic mass is 35.5. The molecule has 2 rings (SSSR count). The third-order valence-corrected chi connectivity index (χ3v) is 5.39. The second kappa shape index (κ2) is 6.27. The van der Waals surface area contributed by atoms with Crippen LogP contribution in [0, 0.1) is 5.82 Å². The number of sulfonamides is 1. The van der Waals surface area contributed by atoms with Crippen LogP contribution in [0.25, 0.3) is 0 Å². The van der Waals surface area contributed by atoms with Crippen LogP contribution in [0.1, 0.15) is 0 Å². The Hall–Kier alpha value is -1.22. The zero-order valence-corrected chi connectivity index (χ0v) is 12.7. The number of halogens is 2. The molecule has 2 N–H and O–H groups in total. The maximum absolute atomic E-state index is 13.8. The van der Waals surface area contributed by atoms with Gasteiger partial charge in [0.25, 0.3) is 0 Å². The van der Waals surface area contributed by atoms with Gasteiger partial charge in [0.15, 0.2) is 0 Å². The summed E-state index contributed by atoms with van der Waals surface area (Å²) in [6, 6.07) is 3.46. The Kier molecular flexibility index (Phi) is 4.82. The Balaban J connectivity index is 2.13. The van der Waals surface area contributed by atoms with Gasteiger partial charge in [-0.3, -0.25) is 9.69 Å². The first-order chi connectivity index (χ1) is 9.80. The summed E-state index contributed by atoms with van der Waals surface area (Å²) in [5.41, 5.74) is 5.09. The minimum Gasteiger partial charge on any atom is -0.369 e. The molecule has 116 valence electrons. The number of piperazine rings is 1. The third kappa shape index (κ3) is 3.70. The van der Waals surface area contributed by atoms with E-state index in [1.54, 1.807) is 4.90 Å². The summed E-state index contributed by atoms with van der Waals surface area (Å²) >= 11 is 5.62. The number of nitrogens with two attached hydrogens (primary N) is 1. The molecule has 0 unspecified atom stereocenters. The lowest BCUT2D eigenvalue weighted by molar-refractivity contribution is -0.119. The van der Waals surface area contributed by atoms with Crippen molar-refractivity contribution in [3.8, 4) is 0 Å². The topological polar surface area (TPSA) is 83.7 Å². The minimum atomic E-state index is -3.90. The predicted octanol–water partition coefficient (Wildman–Crippen LogP) is 0.271. The molecule has 1 aromatic carbocycles. The highest BCUT2D eigenvalue weighted by molar-refractivity contribution is 7.89. The lowest BCUT2D eigenvalue weighted by atomic mass is 10.3. The van der Waals surface area contributed by atoms with Gasteiger partial charge < -0.3 is 5.73 Å². The number of hydrogen-bond donors (Lipinski definition) is 1. The quantitative estimate of drug-likeness (QED) is 0.856. The highest BCUT2D eigenvalue weighted by Gasteiger charge is 2.30. The van der Waals surface area contributed by atoms with Gasteiger partial charge in [-0.05, 0) is 18.2 Å². The van der Waals surface area contributed by atoms with Crippen LogP contribution in [-0.2, 0) is 14.8 Å². The summed E-state index contributed by atoms with van der Waals surface area (Å²) in [5.74, 6) is -1.34. The molecular weight excluding hydrogens is 321 g/mol. The third-order valence-electron chi connectivity index (χ3n) is 3.22. The van der Waals surface area contributed by atoms with Crippen molar-refractivity contribution in [3.05, 3.63) is 29.0 Å². The molecule has 1 aliphatic rings. The Labute approximate surface area is 127 Å². The first kappa shape index (κ1) is 16.2. The summed E-state index contributed by atoms with van der Waals surface area (Å²) in [6.45, 7) is 1.19. The van der Waals surface area contributed by atoms with E-state index in [1.165, 1.54) is 10.4 Å². The number of amides is 1. The monoisotopic (exact) mass is 335 g/mol. The van der Waals surface area contributed by atoms with Crippen molar-refractivity contribution >= 4 is 27.5 Å². The lowest BCUT2D eigenvalue weighted by Gasteiger charge is -2.33. The van der Waals surface area contributed by atoms with Crippen molar-refractivity contribution in [2.45, 2.75) is 4.90 Å². The fourth-order valence-electron chi connectivity index (χ4n) is 2.17. The normalized spacial score (nSPS) is 17.8. The van der Waals surface area contributed by atoms with E-state index >= 15 is 0 Å². The van der Waals surface area contributed by atoms with Crippen molar-refractivity contribution in [3.63, 3.8) is 0 Å². The summed E-state index contributed by atoms with van der Waals surface area (Å²) in [6.07, 6.45) is 0. The lowest BCUT2D eigenvalue weighted by Crippen LogP contribution is -2.50. The molecule has 0 saturated carbocycles. The summed E-state index contributed by atoms with van der Waals surface area (Å²) in [4.78, 5) is 12.2. The number of primary amides is 1. The van der Waals surface area contributed by atoms with Crippen molar-refractivity contribution in [1.29, 1.82) is 0 Å². The average Bonchev–Trinajstić information content (AvgIpc) is 2.38. The maximum atomic E-state index is 13.8. The van der Waals surface area contributed by atoms with E-state index < -0.39 is 26.6 Å². The SMILES string of the molecule is NC(=O)CN1CCN(S(=O)(=O)c2ccc(Cl)cc2F)CC1. The molecule has 6 nitrogen and oxygen atoms in total. The average molecular weight is 336 g/mol. The second-order valence-electron chi connectivity index (χ2n) is 4.72. The van der Waals surface area contributed by atoms with Crippen LogP contribution in [0.3, 0.4) is 0 Å². The zero-order chi connectivity index (χ0) is 15.6. The fourth-order valence-corrected chi connectivity index (χ4v) is 3.80. The van der Waals surface area contributed by atoms with Crippen LogP contribution in [0.5, 0.6) is 0 Å². The Bertz CT molecular complexity index is 645. The number of benzene rings is 1. The van der Waals surface area contributed by atoms with E-state index in [0.29, 0.717) is 13.1 Å².